The van der Waals surface area contributed by atoms with Gasteiger partial charge >= 0.3 is 0 Å². The molecule has 2 N–H and O–H groups in total. The number of sulfonamides is 1. The van der Waals surface area contributed by atoms with E-state index >= 15 is 0 Å². The largest absolute Gasteiger partial charge is 0.316 e. The summed E-state index contributed by atoms with van der Waals surface area (Å²) in [6.07, 6.45) is 2.76. The van der Waals surface area contributed by atoms with E-state index in [2.05, 4.69) is 10.0 Å². The van der Waals surface area contributed by atoms with Gasteiger partial charge in [-0.3, -0.25) is 0 Å². The minimum Gasteiger partial charge on any atom is -0.316 e. The molecule has 0 aliphatic heterocycles. The van der Waals surface area contributed by atoms with Gasteiger partial charge in [0.05, 0.1) is 4.90 Å². The summed E-state index contributed by atoms with van der Waals surface area (Å²) in [7, 11) is -1.65. The van der Waals surface area contributed by atoms with E-state index in [-0.39, 0.29) is 6.04 Å². The Morgan fingerprint density at radius 2 is 2.00 bits per heavy atom. The summed E-state index contributed by atoms with van der Waals surface area (Å²) in [5.74, 6) is 0.782. The van der Waals surface area contributed by atoms with Crippen LogP contribution in [0.25, 0.3) is 0 Å². The molecule has 0 spiro atoms. The summed E-state index contributed by atoms with van der Waals surface area (Å²) in [5.41, 5.74) is 0.788. The molecule has 0 fully saturated rings. The first-order valence-corrected chi connectivity index (χ1v) is 9.16. The van der Waals surface area contributed by atoms with Gasteiger partial charge in [0.15, 0.2) is 0 Å². The maximum absolute atomic E-state index is 12.4. The van der Waals surface area contributed by atoms with Crippen LogP contribution in [0.15, 0.2) is 29.2 Å². The van der Waals surface area contributed by atoms with Gasteiger partial charge in [0.25, 0.3) is 0 Å². The van der Waals surface area contributed by atoms with Crippen molar-refractivity contribution in [1.82, 2.24) is 10.0 Å². The molecular formula is C13H22N2O2S2. The molecule has 1 aromatic carbocycles. The van der Waals surface area contributed by atoms with E-state index in [0.29, 0.717) is 11.4 Å². The third-order valence-corrected chi connectivity index (χ3v) is 5.17. The molecular weight excluding hydrogens is 280 g/mol. The normalized spacial score (nSPS) is 13.4. The minimum absolute atomic E-state index is 0.0253. The summed E-state index contributed by atoms with van der Waals surface area (Å²) in [6, 6.07) is 7.07. The molecule has 0 aromatic heterocycles. The lowest BCUT2D eigenvalue weighted by Crippen LogP contribution is -2.36. The first kappa shape index (κ1) is 16.5. The number of hydrogen-bond donors (Lipinski definition) is 2. The summed E-state index contributed by atoms with van der Waals surface area (Å²) in [5, 5.41) is 2.99. The highest BCUT2D eigenvalue weighted by molar-refractivity contribution is 7.98. The van der Waals surface area contributed by atoms with Gasteiger partial charge in [0.2, 0.25) is 10.0 Å². The van der Waals surface area contributed by atoms with E-state index in [0.717, 1.165) is 17.7 Å². The van der Waals surface area contributed by atoms with Gasteiger partial charge in [-0.1, -0.05) is 25.1 Å². The molecule has 1 atom stereocenters. The fourth-order valence-electron chi connectivity index (χ4n) is 1.82. The van der Waals surface area contributed by atoms with Crippen molar-refractivity contribution in [1.29, 1.82) is 0 Å². The molecule has 0 aliphatic carbocycles. The Bertz CT molecular complexity index is 489. The second kappa shape index (κ2) is 7.89. The van der Waals surface area contributed by atoms with Gasteiger partial charge in [-0.05, 0) is 31.4 Å². The number of thioether (sulfide) groups is 1. The average Bonchev–Trinajstić information content (AvgIpc) is 2.39. The van der Waals surface area contributed by atoms with Crippen molar-refractivity contribution in [3.05, 3.63) is 29.8 Å². The van der Waals surface area contributed by atoms with E-state index in [1.807, 2.05) is 25.3 Å². The van der Waals surface area contributed by atoms with Crippen LogP contribution in [-0.2, 0) is 16.6 Å². The molecule has 1 rings (SSSR count). The van der Waals surface area contributed by atoms with E-state index in [9.17, 15) is 8.42 Å². The smallest absolute Gasteiger partial charge is 0.241 e. The highest BCUT2D eigenvalue weighted by Gasteiger charge is 2.21. The molecule has 0 radical (unpaired) electrons. The molecule has 1 aromatic rings. The maximum atomic E-state index is 12.4. The SMILES string of the molecule is CCC(CSC)NS(=O)(=O)c1ccccc1CNC. The first-order chi connectivity index (χ1) is 9.05. The van der Waals surface area contributed by atoms with Gasteiger partial charge in [-0.15, -0.1) is 0 Å². The van der Waals surface area contributed by atoms with Crippen LogP contribution in [0.5, 0.6) is 0 Å². The van der Waals surface area contributed by atoms with E-state index in [1.54, 1.807) is 30.9 Å². The topological polar surface area (TPSA) is 58.2 Å². The van der Waals surface area contributed by atoms with Crippen molar-refractivity contribution < 1.29 is 8.42 Å². The number of hydrogen-bond acceptors (Lipinski definition) is 4. The van der Waals surface area contributed by atoms with Gasteiger partial charge in [-0.2, -0.15) is 11.8 Å². The number of rotatable bonds is 8. The van der Waals surface area contributed by atoms with E-state index in [1.165, 1.54) is 0 Å². The molecule has 108 valence electrons. The predicted octanol–water partition coefficient (Wildman–Crippen LogP) is 1.83. The fraction of sp³-hybridized carbons (Fsp3) is 0.538. The lowest BCUT2D eigenvalue weighted by Gasteiger charge is -2.17. The molecule has 0 amide bonds. The van der Waals surface area contributed by atoms with Crippen LogP contribution in [0.3, 0.4) is 0 Å². The quantitative estimate of drug-likeness (QED) is 0.769. The Morgan fingerprint density at radius 3 is 2.58 bits per heavy atom. The Labute approximate surface area is 120 Å². The van der Waals surface area contributed by atoms with Crippen molar-refractivity contribution in [3.8, 4) is 0 Å². The third-order valence-electron chi connectivity index (χ3n) is 2.81. The standard InChI is InChI=1S/C13H22N2O2S2/c1-4-12(10-18-3)15-19(16,17)13-8-6-5-7-11(13)9-14-2/h5-8,12,14-15H,4,9-10H2,1-3H3. The maximum Gasteiger partial charge on any atom is 0.241 e. The zero-order valence-corrected chi connectivity index (χ0v) is 13.3. The van der Waals surface area contributed by atoms with Crippen molar-refractivity contribution in [2.45, 2.75) is 30.8 Å². The van der Waals surface area contributed by atoms with Gasteiger partial charge in [0.1, 0.15) is 0 Å². The Morgan fingerprint density at radius 1 is 1.32 bits per heavy atom. The van der Waals surface area contributed by atoms with Crippen LogP contribution in [0.1, 0.15) is 18.9 Å². The van der Waals surface area contributed by atoms with Crippen LogP contribution in [0.4, 0.5) is 0 Å². The summed E-state index contributed by atoms with van der Waals surface area (Å²) in [6.45, 7) is 2.53. The lowest BCUT2D eigenvalue weighted by molar-refractivity contribution is 0.556. The summed E-state index contributed by atoms with van der Waals surface area (Å²) < 4.78 is 27.6. The molecule has 1 unspecified atom stereocenters. The fourth-order valence-corrected chi connectivity index (χ4v) is 4.21. The van der Waals surface area contributed by atoms with Crippen LogP contribution >= 0.6 is 11.8 Å². The molecule has 0 aliphatic rings. The zero-order valence-electron chi connectivity index (χ0n) is 11.6. The van der Waals surface area contributed by atoms with Crippen LogP contribution in [0.2, 0.25) is 0 Å². The van der Waals surface area contributed by atoms with Crippen molar-refractivity contribution in [2.24, 2.45) is 0 Å². The molecule has 6 heteroatoms. The minimum atomic E-state index is -3.45. The molecule has 0 saturated carbocycles. The van der Waals surface area contributed by atoms with Crippen LogP contribution < -0.4 is 10.0 Å². The third kappa shape index (κ3) is 4.80. The van der Waals surface area contributed by atoms with Crippen molar-refractivity contribution in [3.63, 3.8) is 0 Å². The highest BCUT2D eigenvalue weighted by Crippen LogP contribution is 2.16. The number of nitrogens with one attached hydrogen (secondary N) is 2. The first-order valence-electron chi connectivity index (χ1n) is 6.29. The zero-order chi connectivity index (χ0) is 14.3. The second-order valence-corrected chi connectivity index (χ2v) is 6.91. The van der Waals surface area contributed by atoms with Crippen LogP contribution in [-0.4, -0.2) is 33.5 Å². The van der Waals surface area contributed by atoms with E-state index < -0.39 is 10.0 Å². The van der Waals surface area contributed by atoms with Crippen LogP contribution in [0, 0.1) is 0 Å². The Hall–Kier alpha value is -0.560. The molecule has 0 saturated heterocycles. The lowest BCUT2D eigenvalue weighted by atomic mass is 10.2. The van der Waals surface area contributed by atoms with Crippen molar-refractivity contribution >= 4 is 21.8 Å². The molecule has 4 nitrogen and oxygen atoms in total. The number of benzene rings is 1. The molecule has 19 heavy (non-hydrogen) atoms. The molecule has 0 bridgehead atoms. The summed E-state index contributed by atoms with van der Waals surface area (Å²) >= 11 is 1.65. The Kier molecular flexibility index (Phi) is 6.85. The predicted molar refractivity (Wildman–Crippen MR) is 82.0 cm³/mol. The Balaban J connectivity index is 2.99. The van der Waals surface area contributed by atoms with Gasteiger partial charge in [0, 0.05) is 18.3 Å². The van der Waals surface area contributed by atoms with Crippen molar-refractivity contribution in [2.75, 3.05) is 19.1 Å². The molecule has 0 heterocycles. The second-order valence-electron chi connectivity index (χ2n) is 4.32. The average molecular weight is 302 g/mol. The van der Waals surface area contributed by atoms with Gasteiger partial charge in [-0.25, -0.2) is 13.1 Å². The van der Waals surface area contributed by atoms with Gasteiger partial charge < -0.3 is 5.32 Å². The monoisotopic (exact) mass is 302 g/mol. The van der Waals surface area contributed by atoms with E-state index in [4.69, 9.17) is 0 Å². The highest BCUT2D eigenvalue weighted by atomic mass is 32.2. The summed E-state index contributed by atoms with van der Waals surface area (Å²) in [4.78, 5) is 0.365.